The molecular weight excluding hydrogens is 216 g/mol. The molecule has 0 rings (SSSR count). The number of nitrogens with one attached hydrogen (secondary N) is 2. The summed E-state index contributed by atoms with van der Waals surface area (Å²) in [5.74, 6) is 5.81. The van der Waals surface area contributed by atoms with Gasteiger partial charge in [0.15, 0.2) is 0 Å². The van der Waals surface area contributed by atoms with Gasteiger partial charge in [-0.3, -0.25) is 0 Å². The summed E-state index contributed by atoms with van der Waals surface area (Å²) in [5, 5.41) is 5.98. The quantitative estimate of drug-likeness (QED) is 0.570. The van der Waals surface area contributed by atoms with E-state index in [0.717, 1.165) is 13.0 Å². The summed E-state index contributed by atoms with van der Waals surface area (Å²) in [4.78, 5) is 11.4. The van der Waals surface area contributed by atoms with Gasteiger partial charge in [0.2, 0.25) is 0 Å². The fourth-order valence-corrected chi connectivity index (χ4v) is 1.13. The number of hydrogen-bond acceptors (Lipinski definition) is 3. The van der Waals surface area contributed by atoms with Crippen LogP contribution in [0.3, 0.4) is 0 Å². The van der Waals surface area contributed by atoms with E-state index in [2.05, 4.69) is 22.5 Å². The second-order valence-electron chi connectivity index (χ2n) is 4.91. The van der Waals surface area contributed by atoms with Crippen LogP contribution in [0.1, 0.15) is 41.0 Å². The number of rotatable bonds is 5. The Kier molecular flexibility index (Phi) is 7.40. The topological polar surface area (TPSA) is 50.4 Å². The molecule has 98 valence electrons. The van der Waals surface area contributed by atoms with E-state index in [-0.39, 0.29) is 12.1 Å². The van der Waals surface area contributed by atoms with Gasteiger partial charge in [0.1, 0.15) is 5.60 Å². The molecule has 4 heteroatoms. The van der Waals surface area contributed by atoms with Crippen molar-refractivity contribution in [2.75, 3.05) is 13.1 Å². The van der Waals surface area contributed by atoms with Crippen LogP contribution in [0.4, 0.5) is 4.79 Å². The molecule has 4 nitrogen and oxygen atoms in total. The molecule has 0 spiro atoms. The summed E-state index contributed by atoms with van der Waals surface area (Å²) in [6.07, 6.45) is 0.451. The highest BCUT2D eigenvalue weighted by atomic mass is 16.6. The van der Waals surface area contributed by atoms with Gasteiger partial charge in [-0.2, -0.15) is 0 Å². The van der Waals surface area contributed by atoms with Crippen LogP contribution in [0.15, 0.2) is 0 Å². The first-order chi connectivity index (χ1) is 7.85. The van der Waals surface area contributed by atoms with Crippen molar-refractivity contribution >= 4 is 6.09 Å². The Hall–Kier alpha value is -1.21. The van der Waals surface area contributed by atoms with Gasteiger partial charge >= 0.3 is 6.09 Å². The van der Waals surface area contributed by atoms with Crippen molar-refractivity contribution in [2.45, 2.75) is 52.7 Å². The van der Waals surface area contributed by atoms with Crippen molar-refractivity contribution in [1.29, 1.82) is 0 Å². The van der Waals surface area contributed by atoms with Gasteiger partial charge in [-0.05, 0) is 34.6 Å². The van der Waals surface area contributed by atoms with Crippen molar-refractivity contribution in [3.8, 4) is 11.8 Å². The molecule has 0 aromatic heterocycles. The van der Waals surface area contributed by atoms with Crippen LogP contribution < -0.4 is 10.6 Å². The van der Waals surface area contributed by atoms with Crippen LogP contribution in [0.25, 0.3) is 0 Å². The second-order valence-corrected chi connectivity index (χ2v) is 4.91. The predicted octanol–water partition coefficient (Wildman–Crippen LogP) is 1.90. The first kappa shape index (κ1) is 15.8. The van der Waals surface area contributed by atoms with Gasteiger partial charge in [-0.15, -0.1) is 11.8 Å². The maximum atomic E-state index is 11.4. The Morgan fingerprint density at radius 1 is 1.41 bits per heavy atom. The number of amides is 1. The van der Waals surface area contributed by atoms with Gasteiger partial charge in [0, 0.05) is 25.6 Å². The number of ether oxygens (including phenoxy) is 1. The third-order valence-electron chi connectivity index (χ3n) is 1.87. The Labute approximate surface area is 104 Å². The zero-order valence-corrected chi connectivity index (χ0v) is 11.5. The molecule has 1 amide bonds. The smallest absolute Gasteiger partial charge is 0.407 e. The number of carbonyl (C=O) groups excluding carboxylic acids is 1. The normalized spacial score (nSPS) is 12.3. The largest absolute Gasteiger partial charge is 0.444 e. The van der Waals surface area contributed by atoms with Crippen LogP contribution in [0, 0.1) is 11.8 Å². The van der Waals surface area contributed by atoms with Gasteiger partial charge in [-0.25, -0.2) is 4.79 Å². The van der Waals surface area contributed by atoms with Crippen molar-refractivity contribution in [1.82, 2.24) is 10.6 Å². The standard InChI is InChI=1S/C13H24N2O2/c1-6-7-8-9-14-11(2)10-15-12(16)17-13(3,4)5/h11,14H,8-10H2,1-5H3,(H,15,16). The molecule has 2 N–H and O–H groups in total. The lowest BCUT2D eigenvalue weighted by atomic mass is 10.2. The lowest BCUT2D eigenvalue weighted by Crippen LogP contribution is -2.41. The van der Waals surface area contributed by atoms with Gasteiger partial charge in [0.25, 0.3) is 0 Å². The summed E-state index contributed by atoms with van der Waals surface area (Å²) in [5.41, 5.74) is -0.447. The van der Waals surface area contributed by atoms with Crippen LogP contribution in [-0.2, 0) is 4.74 Å². The highest BCUT2D eigenvalue weighted by Gasteiger charge is 2.16. The molecule has 0 fully saturated rings. The molecule has 17 heavy (non-hydrogen) atoms. The molecule has 0 aromatic rings. The molecule has 1 unspecified atom stereocenters. The first-order valence-corrected chi connectivity index (χ1v) is 5.95. The molecule has 0 aromatic carbocycles. The Morgan fingerprint density at radius 3 is 2.59 bits per heavy atom. The summed E-state index contributed by atoms with van der Waals surface area (Å²) in [6.45, 7) is 10.8. The van der Waals surface area contributed by atoms with Gasteiger partial charge in [-0.1, -0.05) is 0 Å². The van der Waals surface area contributed by atoms with Crippen molar-refractivity contribution < 1.29 is 9.53 Å². The van der Waals surface area contributed by atoms with E-state index in [4.69, 9.17) is 4.74 Å². The van der Waals surface area contributed by atoms with E-state index < -0.39 is 5.60 Å². The summed E-state index contributed by atoms with van der Waals surface area (Å²) < 4.78 is 5.13. The average molecular weight is 240 g/mol. The zero-order valence-electron chi connectivity index (χ0n) is 11.5. The van der Waals surface area contributed by atoms with Crippen molar-refractivity contribution in [3.63, 3.8) is 0 Å². The van der Waals surface area contributed by atoms with Gasteiger partial charge in [0.05, 0.1) is 0 Å². The minimum atomic E-state index is -0.447. The molecule has 0 radical (unpaired) electrons. The number of alkyl carbamates (subject to hydrolysis) is 1. The highest BCUT2D eigenvalue weighted by molar-refractivity contribution is 5.67. The van der Waals surface area contributed by atoms with Crippen LogP contribution in [0.2, 0.25) is 0 Å². The van der Waals surface area contributed by atoms with E-state index in [1.54, 1.807) is 0 Å². The SMILES string of the molecule is CC#CCCNC(C)CNC(=O)OC(C)(C)C. The third-order valence-corrected chi connectivity index (χ3v) is 1.87. The summed E-state index contributed by atoms with van der Waals surface area (Å²) in [7, 11) is 0. The molecule has 0 aliphatic carbocycles. The molecule has 0 aliphatic heterocycles. The van der Waals surface area contributed by atoms with E-state index in [1.807, 2.05) is 34.6 Å². The summed E-state index contributed by atoms with van der Waals surface area (Å²) in [6, 6.07) is 0.209. The lowest BCUT2D eigenvalue weighted by Gasteiger charge is -2.21. The fraction of sp³-hybridized carbons (Fsp3) is 0.769. The van der Waals surface area contributed by atoms with E-state index in [9.17, 15) is 4.79 Å². The monoisotopic (exact) mass is 240 g/mol. The van der Waals surface area contributed by atoms with E-state index in [1.165, 1.54) is 0 Å². The molecule has 1 atom stereocenters. The Bertz CT molecular complexity index is 284. The van der Waals surface area contributed by atoms with Gasteiger partial charge < -0.3 is 15.4 Å². The highest BCUT2D eigenvalue weighted by Crippen LogP contribution is 2.06. The Balaban J connectivity index is 3.64. The number of hydrogen-bond donors (Lipinski definition) is 2. The fourth-order valence-electron chi connectivity index (χ4n) is 1.13. The molecule has 0 heterocycles. The van der Waals surface area contributed by atoms with Crippen LogP contribution >= 0.6 is 0 Å². The van der Waals surface area contributed by atoms with Crippen molar-refractivity contribution in [3.05, 3.63) is 0 Å². The number of carbonyl (C=O) groups is 1. The molecule has 0 saturated heterocycles. The minimum absolute atomic E-state index is 0.209. The van der Waals surface area contributed by atoms with E-state index >= 15 is 0 Å². The maximum absolute atomic E-state index is 11.4. The molecular formula is C13H24N2O2. The van der Waals surface area contributed by atoms with E-state index in [0.29, 0.717) is 6.54 Å². The molecule has 0 saturated carbocycles. The first-order valence-electron chi connectivity index (χ1n) is 5.95. The lowest BCUT2D eigenvalue weighted by molar-refractivity contribution is 0.0523. The summed E-state index contributed by atoms with van der Waals surface area (Å²) >= 11 is 0. The average Bonchev–Trinajstić information content (AvgIpc) is 2.19. The second kappa shape index (κ2) is 7.97. The molecule has 0 bridgehead atoms. The van der Waals surface area contributed by atoms with Crippen LogP contribution in [-0.4, -0.2) is 30.8 Å². The van der Waals surface area contributed by atoms with Crippen LogP contribution in [0.5, 0.6) is 0 Å². The third kappa shape index (κ3) is 11.1. The Morgan fingerprint density at radius 2 is 2.06 bits per heavy atom. The molecule has 0 aliphatic rings. The predicted molar refractivity (Wildman–Crippen MR) is 69.8 cm³/mol. The zero-order chi connectivity index (χ0) is 13.3. The van der Waals surface area contributed by atoms with Crippen molar-refractivity contribution in [2.24, 2.45) is 0 Å². The maximum Gasteiger partial charge on any atom is 0.407 e. The minimum Gasteiger partial charge on any atom is -0.444 e.